The fraction of sp³-hybridized carbons (Fsp3) is 0.889. The quantitative estimate of drug-likeness (QED) is 0.136. The summed E-state index contributed by atoms with van der Waals surface area (Å²) < 4.78 is 22.8. The molecule has 10 nitrogen and oxygen atoms in total. The number of hydrogen-bond donors (Lipinski definition) is 2. The summed E-state index contributed by atoms with van der Waals surface area (Å²) in [6, 6.07) is -1.25. The summed E-state index contributed by atoms with van der Waals surface area (Å²) in [6.07, 6.45) is 15.2. The summed E-state index contributed by atoms with van der Waals surface area (Å²) >= 11 is 0. The summed E-state index contributed by atoms with van der Waals surface area (Å²) in [5.74, 6) is -1.01. The normalized spacial score (nSPS) is 23.8. The molecule has 46 heavy (non-hydrogen) atoms. The van der Waals surface area contributed by atoms with Crippen LogP contribution in [0.4, 0.5) is 0 Å². The highest BCUT2D eigenvalue weighted by Crippen LogP contribution is 2.30. The van der Waals surface area contributed by atoms with Crippen molar-refractivity contribution in [2.45, 2.75) is 180 Å². The van der Waals surface area contributed by atoms with Crippen LogP contribution in [0.15, 0.2) is 0 Å². The number of esters is 4. The molecule has 3 fully saturated rings. The third kappa shape index (κ3) is 14.3. The average Bonchev–Trinajstić information content (AvgIpc) is 3.06. The summed E-state index contributed by atoms with van der Waals surface area (Å²) in [4.78, 5) is 51.4. The van der Waals surface area contributed by atoms with Crippen LogP contribution in [-0.4, -0.2) is 73.5 Å². The third-order valence-corrected chi connectivity index (χ3v) is 10.1. The van der Waals surface area contributed by atoms with Gasteiger partial charge in [0, 0.05) is 12.1 Å². The third-order valence-electron chi connectivity index (χ3n) is 10.1. The lowest BCUT2D eigenvalue weighted by Crippen LogP contribution is -2.45. The zero-order valence-corrected chi connectivity index (χ0v) is 29.0. The van der Waals surface area contributed by atoms with E-state index in [9.17, 15) is 19.2 Å². The largest absolute Gasteiger partial charge is 0.465 e. The second kappa shape index (κ2) is 20.9. The molecule has 3 aliphatic carbocycles. The SMILES string of the molecule is CCC(C)NC(CC(=O)OCC1CCC(COC(=O)CC(NC(C)CC)C(=O)OC2CCCCC2)CC1)C(=O)OC1CCCCC1. The van der Waals surface area contributed by atoms with Crippen molar-refractivity contribution in [1.82, 2.24) is 10.6 Å². The maximum absolute atomic E-state index is 12.9. The molecule has 0 saturated heterocycles. The summed E-state index contributed by atoms with van der Waals surface area (Å²) in [7, 11) is 0. The van der Waals surface area contributed by atoms with Gasteiger partial charge in [-0.3, -0.25) is 19.2 Å². The number of carbonyl (C=O) groups excluding carboxylic acids is 4. The van der Waals surface area contributed by atoms with Crippen LogP contribution in [0.5, 0.6) is 0 Å². The molecule has 3 saturated carbocycles. The van der Waals surface area contributed by atoms with E-state index in [1.54, 1.807) is 0 Å². The van der Waals surface area contributed by atoms with Gasteiger partial charge in [0.25, 0.3) is 0 Å². The number of hydrogen-bond acceptors (Lipinski definition) is 10. The van der Waals surface area contributed by atoms with Gasteiger partial charge in [0.05, 0.1) is 26.1 Å². The average molecular weight is 651 g/mol. The van der Waals surface area contributed by atoms with E-state index >= 15 is 0 Å². The molecule has 0 aromatic carbocycles. The van der Waals surface area contributed by atoms with Crippen LogP contribution in [0.1, 0.15) is 143 Å². The molecule has 2 N–H and O–H groups in total. The molecule has 10 heteroatoms. The van der Waals surface area contributed by atoms with Crippen molar-refractivity contribution in [2.24, 2.45) is 11.8 Å². The Hall–Kier alpha value is -2.20. The van der Waals surface area contributed by atoms with E-state index in [0.717, 1.165) is 89.9 Å². The van der Waals surface area contributed by atoms with Crippen molar-refractivity contribution in [1.29, 1.82) is 0 Å². The van der Waals surface area contributed by atoms with Crippen LogP contribution in [-0.2, 0) is 38.1 Å². The molecule has 0 spiro atoms. The number of carbonyl (C=O) groups is 4. The number of rotatable bonds is 18. The molecule has 4 unspecified atom stereocenters. The predicted octanol–water partition coefficient (Wildman–Crippen LogP) is 5.92. The molecule has 3 rings (SSSR count). The van der Waals surface area contributed by atoms with Gasteiger partial charge in [-0.25, -0.2) is 0 Å². The van der Waals surface area contributed by atoms with Crippen molar-refractivity contribution in [2.75, 3.05) is 13.2 Å². The Bertz CT molecular complexity index is 851. The first kappa shape index (κ1) is 38.2. The summed E-state index contributed by atoms with van der Waals surface area (Å²) in [5.41, 5.74) is 0. The van der Waals surface area contributed by atoms with Crippen LogP contribution in [0.25, 0.3) is 0 Å². The van der Waals surface area contributed by atoms with Gasteiger partial charge in [-0.05, 0) is 116 Å². The molecule has 0 aliphatic heterocycles. The first-order chi connectivity index (χ1) is 22.2. The van der Waals surface area contributed by atoms with Crippen molar-refractivity contribution in [3.8, 4) is 0 Å². The fourth-order valence-electron chi connectivity index (χ4n) is 6.64. The molecule has 0 bridgehead atoms. The molecular weight excluding hydrogens is 588 g/mol. The van der Waals surface area contributed by atoms with E-state index in [-0.39, 0.29) is 72.8 Å². The van der Waals surface area contributed by atoms with Crippen LogP contribution < -0.4 is 10.6 Å². The highest BCUT2D eigenvalue weighted by atomic mass is 16.6. The van der Waals surface area contributed by atoms with Crippen LogP contribution in [0, 0.1) is 11.8 Å². The van der Waals surface area contributed by atoms with Gasteiger partial charge in [-0.2, -0.15) is 0 Å². The number of ether oxygens (including phenoxy) is 4. The Labute approximate surface area is 277 Å². The summed E-state index contributed by atoms with van der Waals surface area (Å²) in [6.45, 7) is 8.71. The van der Waals surface area contributed by atoms with E-state index in [1.807, 2.05) is 27.7 Å². The minimum Gasteiger partial charge on any atom is -0.465 e. The fourth-order valence-corrected chi connectivity index (χ4v) is 6.64. The molecule has 0 aromatic heterocycles. The maximum Gasteiger partial charge on any atom is 0.324 e. The summed E-state index contributed by atoms with van der Waals surface area (Å²) in [5, 5.41) is 6.51. The standard InChI is InChI=1S/C36H62N2O8/c1-5-25(3)37-31(35(41)45-29-13-9-7-10-14-29)21-33(39)43-23-27-17-19-28(20-18-27)24-44-34(40)22-32(38-26(4)6-2)36(42)46-30-15-11-8-12-16-30/h25-32,37-38H,5-24H2,1-4H3. The van der Waals surface area contributed by atoms with Gasteiger partial charge in [0.1, 0.15) is 24.3 Å². The van der Waals surface area contributed by atoms with Crippen molar-refractivity contribution < 1.29 is 38.1 Å². The smallest absolute Gasteiger partial charge is 0.324 e. The highest BCUT2D eigenvalue weighted by Gasteiger charge is 2.31. The highest BCUT2D eigenvalue weighted by molar-refractivity contribution is 5.83. The minimum absolute atomic E-state index is 0.0394. The molecule has 3 aliphatic rings. The molecule has 0 radical (unpaired) electrons. The van der Waals surface area contributed by atoms with Gasteiger partial charge >= 0.3 is 23.9 Å². The topological polar surface area (TPSA) is 129 Å². The molecule has 0 heterocycles. The first-order valence-corrected chi connectivity index (χ1v) is 18.4. The van der Waals surface area contributed by atoms with E-state index < -0.39 is 12.1 Å². The van der Waals surface area contributed by atoms with Crippen LogP contribution >= 0.6 is 0 Å². The zero-order chi connectivity index (χ0) is 33.3. The van der Waals surface area contributed by atoms with Crippen molar-refractivity contribution >= 4 is 23.9 Å². The minimum atomic E-state index is -0.705. The molecule has 0 aromatic rings. The van der Waals surface area contributed by atoms with E-state index in [4.69, 9.17) is 18.9 Å². The molecule has 0 amide bonds. The number of nitrogens with one attached hydrogen (secondary N) is 2. The Morgan fingerprint density at radius 2 is 0.913 bits per heavy atom. The van der Waals surface area contributed by atoms with E-state index in [0.29, 0.717) is 13.2 Å². The van der Waals surface area contributed by atoms with E-state index in [2.05, 4.69) is 10.6 Å². The maximum atomic E-state index is 12.9. The lowest BCUT2D eigenvalue weighted by Gasteiger charge is -2.29. The molecular formula is C36H62N2O8. The second-order valence-corrected chi connectivity index (χ2v) is 14.1. The van der Waals surface area contributed by atoms with Crippen molar-refractivity contribution in [3.63, 3.8) is 0 Å². The van der Waals surface area contributed by atoms with Crippen LogP contribution in [0.3, 0.4) is 0 Å². The van der Waals surface area contributed by atoms with Gasteiger partial charge in [-0.1, -0.05) is 26.7 Å². The Morgan fingerprint density at radius 3 is 1.24 bits per heavy atom. The first-order valence-electron chi connectivity index (χ1n) is 18.4. The van der Waals surface area contributed by atoms with Gasteiger partial charge in [-0.15, -0.1) is 0 Å². The Kier molecular flexibility index (Phi) is 17.4. The molecule has 264 valence electrons. The lowest BCUT2D eigenvalue weighted by molar-refractivity contribution is -0.158. The van der Waals surface area contributed by atoms with Gasteiger partial charge < -0.3 is 29.6 Å². The Morgan fingerprint density at radius 1 is 0.565 bits per heavy atom. The van der Waals surface area contributed by atoms with Crippen molar-refractivity contribution in [3.05, 3.63) is 0 Å². The van der Waals surface area contributed by atoms with Crippen LogP contribution in [0.2, 0.25) is 0 Å². The Balaban J connectivity index is 1.36. The van der Waals surface area contributed by atoms with Gasteiger partial charge in [0.15, 0.2) is 0 Å². The lowest BCUT2D eigenvalue weighted by atomic mass is 9.83. The predicted molar refractivity (Wildman–Crippen MR) is 176 cm³/mol. The van der Waals surface area contributed by atoms with Gasteiger partial charge in [0.2, 0.25) is 0 Å². The van der Waals surface area contributed by atoms with E-state index in [1.165, 1.54) is 12.8 Å². The second-order valence-electron chi connectivity index (χ2n) is 14.1. The monoisotopic (exact) mass is 650 g/mol. The molecule has 4 atom stereocenters. The zero-order valence-electron chi connectivity index (χ0n) is 29.0.